The number of rotatable bonds is 10. The lowest BCUT2D eigenvalue weighted by Gasteiger charge is -2.38. The molecule has 3 amide bonds. The van der Waals surface area contributed by atoms with Crippen LogP contribution in [0.15, 0.2) is 70.6 Å². The summed E-state index contributed by atoms with van der Waals surface area (Å²) >= 11 is 19.3. The summed E-state index contributed by atoms with van der Waals surface area (Å²) in [6, 6.07) is 14.7. The maximum absolute atomic E-state index is 15.0. The standard InChI is InChI=1S/C35H38Cl3N5O8S2/c1-3-51-29-21-28(38)30(53(48,49)42-14-17-50-18-15-42)20-27(29)34-39-32(23-4-8-25(36)9-5-23)33(24-6-10-26(37)11-7-24)43(34)35(45)41-13-12-40(31(44)22-41)16-19-52(2,46)47/h4-11,20-21,32-33H,3,12-19,22H2,1-2H3/t32-,33+/m0/s1. The molecule has 3 aliphatic rings. The van der Waals surface area contributed by atoms with Crippen molar-refractivity contribution in [3.05, 3.63) is 92.4 Å². The van der Waals surface area contributed by atoms with Gasteiger partial charge < -0.3 is 19.3 Å². The molecule has 3 heterocycles. The Balaban J connectivity index is 1.50. The van der Waals surface area contributed by atoms with Crippen LogP contribution < -0.4 is 4.74 Å². The molecule has 2 saturated heterocycles. The minimum absolute atomic E-state index is 0.00501. The minimum Gasteiger partial charge on any atom is -0.493 e. The van der Waals surface area contributed by atoms with Gasteiger partial charge in [0.1, 0.15) is 38.9 Å². The molecule has 3 aromatic carbocycles. The number of aliphatic imine (C=N–C) groups is 1. The van der Waals surface area contributed by atoms with Crippen LogP contribution in [0, 0.1) is 0 Å². The average Bonchev–Trinajstić information content (AvgIpc) is 3.51. The smallest absolute Gasteiger partial charge is 0.326 e. The summed E-state index contributed by atoms with van der Waals surface area (Å²) in [7, 11) is -7.46. The first-order valence-electron chi connectivity index (χ1n) is 16.8. The number of ether oxygens (including phenoxy) is 2. The molecule has 0 unspecified atom stereocenters. The lowest BCUT2D eigenvalue weighted by Crippen LogP contribution is -2.57. The number of halogens is 3. The number of piperazine rings is 1. The second kappa shape index (κ2) is 16.1. The van der Waals surface area contributed by atoms with E-state index in [4.69, 9.17) is 49.3 Å². The van der Waals surface area contributed by atoms with Gasteiger partial charge >= 0.3 is 6.03 Å². The zero-order chi connectivity index (χ0) is 38.1. The summed E-state index contributed by atoms with van der Waals surface area (Å²) < 4.78 is 64.4. The van der Waals surface area contributed by atoms with E-state index < -0.39 is 43.9 Å². The van der Waals surface area contributed by atoms with Crippen molar-refractivity contribution in [2.45, 2.75) is 23.9 Å². The van der Waals surface area contributed by atoms with Gasteiger partial charge in [0.05, 0.1) is 42.2 Å². The first-order valence-corrected chi connectivity index (χ1v) is 21.5. The quantitative estimate of drug-likeness (QED) is 0.280. The van der Waals surface area contributed by atoms with E-state index in [1.165, 1.54) is 31.1 Å². The molecule has 0 saturated carbocycles. The lowest BCUT2D eigenvalue weighted by atomic mass is 9.93. The van der Waals surface area contributed by atoms with E-state index in [1.54, 1.807) is 55.5 Å². The van der Waals surface area contributed by atoms with Gasteiger partial charge in [0.2, 0.25) is 15.9 Å². The van der Waals surface area contributed by atoms with E-state index in [9.17, 15) is 26.4 Å². The predicted molar refractivity (Wildman–Crippen MR) is 202 cm³/mol. The molecule has 13 nitrogen and oxygen atoms in total. The van der Waals surface area contributed by atoms with Crippen molar-refractivity contribution in [2.24, 2.45) is 4.99 Å². The summed E-state index contributed by atoms with van der Waals surface area (Å²) in [6.07, 6.45) is 1.10. The third-order valence-electron chi connectivity index (χ3n) is 9.18. The van der Waals surface area contributed by atoms with E-state index in [2.05, 4.69) is 0 Å². The average molecular weight is 827 g/mol. The zero-order valence-electron chi connectivity index (χ0n) is 29.0. The number of hydrogen-bond acceptors (Lipinski definition) is 9. The molecule has 0 bridgehead atoms. The van der Waals surface area contributed by atoms with Gasteiger partial charge in [-0.1, -0.05) is 59.1 Å². The summed E-state index contributed by atoms with van der Waals surface area (Å²) in [5.41, 5.74) is 1.56. The maximum Gasteiger partial charge on any atom is 0.326 e. The molecule has 18 heteroatoms. The minimum atomic E-state index is -4.13. The number of carbonyl (C=O) groups excluding carboxylic acids is 2. The molecule has 3 aromatic rings. The number of benzene rings is 3. The van der Waals surface area contributed by atoms with Crippen molar-refractivity contribution in [3.8, 4) is 5.75 Å². The number of morpholine rings is 1. The van der Waals surface area contributed by atoms with Crippen LogP contribution in [0.25, 0.3) is 0 Å². The van der Waals surface area contributed by atoms with Crippen molar-refractivity contribution in [2.75, 3.05) is 71.1 Å². The summed E-state index contributed by atoms with van der Waals surface area (Å²) in [5, 5.41) is 0.895. The Morgan fingerprint density at radius 1 is 0.906 bits per heavy atom. The van der Waals surface area contributed by atoms with Crippen LogP contribution in [0.3, 0.4) is 0 Å². The van der Waals surface area contributed by atoms with Crippen LogP contribution in [-0.2, 0) is 29.4 Å². The van der Waals surface area contributed by atoms with Crippen LogP contribution in [-0.4, -0.2) is 125 Å². The van der Waals surface area contributed by atoms with Crippen LogP contribution in [0.4, 0.5) is 4.79 Å². The molecule has 0 aromatic heterocycles. The molecule has 2 fully saturated rings. The van der Waals surface area contributed by atoms with Gasteiger partial charge in [0, 0.05) is 55.1 Å². The van der Waals surface area contributed by atoms with Crippen molar-refractivity contribution in [3.63, 3.8) is 0 Å². The Morgan fingerprint density at radius 3 is 2.11 bits per heavy atom. The Bertz CT molecular complexity index is 2110. The summed E-state index contributed by atoms with van der Waals surface area (Å²) in [6.45, 7) is 2.56. The largest absolute Gasteiger partial charge is 0.493 e. The number of urea groups is 1. The Labute approximate surface area is 324 Å². The highest BCUT2D eigenvalue weighted by Crippen LogP contribution is 2.46. The van der Waals surface area contributed by atoms with E-state index in [0.29, 0.717) is 21.2 Å². The monoisotopic (exact) mass is 825 g/mol. The van der Waals surface area contributed by atoms with E-state index >= 15 is 0 Å². The topological polar surface area (TPSA) is 146 Å². The van der Waals surface area contributed by atoms with Crippen molar-refractivity contribution >= 4 is 72.4 Å². The first-order chi connectivity index (χ1) is 25.2. The Morgan fingerprint density at radius 2 is 1.53 bits per heavy atom. The fraction of sp³-hybridized carbons (Fsp3) is 0.400. The highest BCUT2D eigenvalue weighted by molar-refractivity contribution is 7.90. The number of sulfone groups is 1. The van der Waals surface area contributed by atoms with E-state index in [1.807, 2.05) is 0 Å². The first kappa shape index (κ1) is 39.3. The van der Waals surface area contributed by atoms with Crippen molar-refractivity contribution in [1.29, 1.82) is 0 Å². The van der Waals surface area contributed by atoms with Gasteiger partial charge in [-0.2, -0.15) is 4.31 Å². The van der Waals surface area contributed by atoms with Crippen LogP contribution in [0.1, 0.15) is 35.7 Å². The summed E-state index contributed by atoms with van der Waals surface area (Å²) in [5.74, 6) is -0.323. The van der Waals surface area contributed by atoms with Gasteiger partial charge in [0.25, 0.3) is 0 Å². The van der Waals surface area contributed by atoms with Crippen molar-refractivity contribution in [1.82, 2.24) is 19.0 Å². The molecular formula is C35H38Cl3N5O8S2. The molecule has 0 N–H and O–H groups in total. The number of hydrogen-bond donors (Lipinski definition) is 0. The number of nitrogens with zero attached hydrogens (tertiary/aromatic N) is 5. The SMILES string of the molecule is CCOc1cc(Cl)c(S(=O)(=O)N2CCOCC2)cc1C1=N[C@@H](c2ccc(Cl)cc2)[C@@H](c2ccc(Cl)cc2)N1C(=O)N1CCN(CCS(C)(=O)=O)C(=O)C1. The third-order valence-corrected chi connectivity index (χ3v) is 13.0. The molecule has 0 spiro atoms. The molecule has 284 valence electrons. The Hall–Kier alpha value is -3.44. The number of carbonyl (C=O) groups is 2. The maximum atomic E-state index is 15.0. The normalized spacial score (nSPS) is 20.1. The highest BCUT2D eigenvalue weighted by atomic mass is 35.5. The summed E-state index contributed by atoms with van der Waals surface area (Å²) in [4.78, 5) is 37.5. The molecule has 0 aliphatic carbocycles. The fourth-order valence-corrected chi connectivity index (χ4v) is 9.23. The van der Waals surface area contributed by atoms with Crippen LogP contribution in [0.5, 0.6) is 5.75 Å². The number of amides is 3. The highest BCUT2D eigenvalue weighted by Gasteiger charge is 2.46. The van der Waals surface area contributed by atoms with E-state index in [0.717, 1.165) is 6.26 Å². The number of sulfonamides is 1. The van der Waals surface area contributed by atoms with Crippen LogP contribution >= 0.6 is 34.8 Å². The molecule has 6 rings (SSSR count). The van der Waals surface area contributed by atoms with Gasteiger partial charge in [-0.25, -0.2) is 21.6 Å². The molecule has 0 radical (unpaired) electrons. The second-order valence-corrected chi connectivity index (χ2v) is 18.2. The molecule has 53 heavy (non-hydrogen) atoms. The zero-order valence-corrected chi connectivity index (χ0v) is 32.9. The number of amidine groups is 1. The van der Waals surface area contributed by atoms with Gasteiger partial charge in [-0.05, 0) is 48.4 Å². The molecular weight excluding hydrogens is 789 g/mol. The molecule has 3 aliphatic heterocycles. The van der Waals surface area contributed by atoms with E-state index in [-0.39, 0.29) is 91.9 Å². The van der Waals surface area contributed by atoms with Crippen molar-refractivity contribution < 1.29 is 35.9 Å². The Kier molecular flexibility index (Phi) is 11.9. The van der Waals surface area contributed by atoms with Crippen LogP contribution in [0.2, 0.25) is 15.1 Å². The fourth-order valence-electron chi connectivity index (χ4n) is 6.50. The third kappa shape index (κ3) is 8.61. The van der Waals surface area contributed by atoms with Gasteiger partial charge in [-0.15, -0.1) is 0 Å². The van der Waals surface area contributed by atoms with Gasteiger partial charge in [0.15, 0.2) is 0 Å². The molecule has 2 atom stereocenters. The van der Waals surface area contributed by atoms with Gasteiger partial charge in [-0.3, -0.25) is 14.7 Å². The lowest BCUT2D eigenvalue weighted by molar-refractivity contribution is -0.134. The second-order valence-electron chi connectivity index (χ2n) is 12.8. The predicted octanol–water partition coefficient (Wildman–Crippen LogP) is 4.92.